The molecule has 0 saturated carbocycles. The van der Waals surface area contributed by atoms with E-state index in [9.17, 15) is 37.8 Å². The number of aromatic amines is 2. The van der Waals surface area contributed by atoms with Crippen LogP contribution in [0.1, 0.15) is 48.6 Å². The van der Waals surface area contributed by atoms with E-state index in [0.29, 0.717) is 33.3 Å². The summed E-state index contributed by atoms with van der Waals surface area (Å²) in [7, 11) is 1.49. The second kappa shape index (κ2) is 10.7. The highest BCUT2D eigenvalue weighted by atomic mass is 35.5. The molecule has 4 heterocycles. The Labute approximate surface area is 266 Å². The Hall–Kier alpha value is -5.63. The zero-order valence-electron chi connectivity index (χ0n) is 24.1. The van der Waals surface area contributed by atoms with E-state index in [1.165, 1.54) is 18.1 Å². The van der Waals surface area contributed by atoms with Gasteiger partial charge in [0.1, 0.15) is 17.1 Å². The van der Waals surface area contributed by atoms with Crippen LogP contribution in [-0.2, 0) is 6.18 Å². The number of carbonyl (C=O) groups excluding carboxylic acids is 2. The number of halogens is 4. The SMILES string of the molecule is COc1cccc2cc(C(=O)Nc3ccc4[nH]c(C(=O)N5C[C@@H](CCl)c6c5cc(O)c5[nH]c(C(F)(F)F)c(C(=O)O)c65)cc4c3)oc12. The average molecular weight is 667 g/mol. The van der Waals surface area contributed by atoms with Crippen LogP contribution in [0.4, 0.5) is 24.5 Å². The van der Waals surface area contributed by atoms with E-state index in [2.05, 4.69) is 10.3 Å². The molecule has 0 unspecified atom stereocenters. The summed E-state index contributed by atoms with van der Waals surface area (Å²) in [5.41, 5.74) is -1.40. The molecule has 3 aromatic carbocycles. The molecule has 1 aliphatic rings. The first kappa shape index (κ1) is 30.0. The molecule has 3 aromatic heterocycles. The minimum absolute atomic E-state index is 0.0370. The number of hydrogen-bond donors (Lipinski definition) is 5. The fraction of sp³-hybridized carbons (Fsp3) is 0.156. The predicted molar refractivity (Wildman–Crippen MR) is 166 cm³/mol. The zero-order valence-corrected chi connectivity index (χ0v) is 24.8. The van der Waals surface area contributed by atoms with Crippen molar-refractivity contribution in [1.82, 2.24) is 9.97 Å². The number of hydrogen-bond acceptors (Lipinski definition) is 6. The molecule has 1 aliphatic heterocycles. The molecule has 1 atom stereocenters. The number of aromatic carboxylic acids is 1. The Morgan fingerprint density at radius 1 is 1.11 bits per heavy atom. The summed E-state index contributed by atoms with van der Waals surface area (Å²) in [6.45, 7) is -0.0826. The van der Waals surface area contributed by atoms with E-state index in [-0.39, 0.29) is 40.5 Å². The number of carbonyl (C=O) groups is 3. The standard InChI is InChI=1S/C32H22ClF3N4O7/c1-46-21-4-2-3-13-9-22(47-27(13)21)29(42)37-16-5-6-17-14(7-16)8-18(38-17)30(43)40-12-15(11-33)23-19(40)10-20(41)26-24(23)25(31(44)45)28(39-26)32(34,35)36/h2-10,15,38-39,41H,11-12H2,1H3,(H,37,42)(H,44,45)/t15-/m1/s1. The molecule has 5 N–H and O–H groups in total. The van der Waals surface area contributed by atoms with Crippen molar-refractivity contribution in [3.05, 3.63) is 82.9 Å². The fourth-order valence-corrected chi connectivity index (χ4v) is 6.38. The van der Waals surface area contributed by atoms with E-state index < -0.39 is 52.4 Å². The van der Waals surface area contributed by atoms with Gasteiger partial charge in [-0.3, -0.25) is 9.59 Å². The lowest BCUT2D eigenvalue weighted by Crippen LogP contribution is -2.30. The van der Waals surface area contributed by atoms with Gasteiger partial charge in [0.15, 0.2) is 17.1 Å². The first-order chi connectivity index (χ1) is 22.4. The molecule has 0 fully saturated rings. The molecule has 0 bridgehead atoms. The Morgan fingerprint density at radius 2 is 1.89 bits per heavy atom. The molecular weight excluding hydrogens is 645 g/mol. The van der Waals surface area contributed by atoms with Crippen molar-refractivity contribution in [3.63, 3.8) is 0 Å². The van der Waals surface area contributed by atoms with Crippen LogP contribution in [0.3, 0.4) is 0 Å². The number of aromatic nitrogens is 2. The molecule has 2 amide bonds. The van der Waals surface area contributed by atoms with Gasteiger partial charge in [-0.2, -0.15) is 13.2 Å². The number of amides is 2. The first-order valence-electron chi connectivity index (χ1n) is 14.0. The molecular formula is C32H22ClF3N4O7. The molecule has 11 nitrogen and oxygen atoms in total. The third-order valence-corrected chi connectivity index (χ3v) is 8.54. The number of carboxylic acid groups (broad SMARTS) is 1. The van der Waals surface area contributed by atoms with E-state index in [0.717, 1.165) is 6.07 Å². The van der Waals surface area contributed by atoms with E-state index in [1.54, 1.807) is 42.5 Å². The van der Waals surface area contributed by atoms with Crippen molar-refractivity contribution in [2.45, 2.75) is 12.1 Å². The Morgan fingerprint density at radius 3 is 2.60 bits per heavy atom. The summed E-state index contributed by atoms with van der Waals surface area (Å²) >= 11 is 6.19. The van der Waals surface area contributed by atoms with Gasteiger partial charge in [0.25, 0.3) is 11.8 Å². The monoisotopic (exact) mass is 666 g/mol. The summed E-state index contributed by atoms with van der Waals surface area (Å²) in [5, 5.41) is 24.1. The van der Waals surface area contributed by atoms with Crippen LogP contribution in [0.15, 0.2) is 59.0 Å². The normalized spacial score (nSPS) is 14.7. The van der Waals surface area contributed by atoms with Gasteiger partial charge >= 0.3 is 12.1 Å². The van der Waals surface area contributed by atoms with E-state index in [1.807, 2.05) is 4.98 Å². The predicted octanol–water partition coefficient (Wildman–Crippen LogP) is 7.06. The minimum Gasteiger partial charge on any atom is -0.506 e. The van der Waals surface area contributed by atoms with E-state index in [4.69, 9.17) is 20.8 Å². The van der Waals surface area contributed by atoms with Crippen LogP contribution >= 0.6 is 11.6 Å². The topological polar surface area (TPSA) is 161 Å². The number of anilines is 2. The van der Waals surface area contributed by atoms with Gasteiger partial charge < -0.3 is 39.6 Å². The summed E-state index contributed by atoms with van der Waals surface area (Å²) < 4.78 is 52.4. The lowest BCUT2D eigenvalue weighted by Gasteiger charge is -2.17. The summed E-state index contributed by atoms with van der Waals surface area (Å²) in [4.78, 5) is 45.1. The van der Waals surface area contributed by atoms with Crippen molar-refractivity contribution in [2.75, 3.05) is 29.8 Å². The van der Waals surface area contributed by atoms with Gasteiger partial charge in [0.05, 0.1) is 23.9 Å². The van der Waals surface area contributed by atoms with Crippen molar-refractivity contribution in [2.24, 2.45) is 0 Å². The number of furan rings is 1. The number of benzene rings is 3. The van der Waals surface area contributed by atoms with Crippen LogP contribution in [0, 0.1) is 0 Å². The number of nitrogens with one attached hydrogen (secondary N) is 3. The average Bonchev–Trinajstić information content (AvgIpc) is 3.81. The number of fused-ring (bicyclic) bond motifs is 5. The maximum atomic E-state index is 13.8. The maximum Gasteiger partial charge on any atom is 0.432 e. The van der Waals surface area contributed by atoms with Crippen LogP contribution in [0.5, 0.6) is 11.5 Å². The third-order valence-electron chi connectivity index (χ3n) is 8.17. The number of para-hydroxylation sites is 1. The zero-order chi connectivity index (χ0) is 33.4. The number of aromatic hydroxyl groups is 1. The summed E-state index contributed by atoms with van der Waals surface area (Å²) in [6.07, 6.45) is -5.06. The van der Waals surface area contributed by atoms with Gasteiger partial charge in [-0.15, -0.1) is 11.6 Å². The Bertz CT molecular complexity index is 2290. The van der Waals surface area contributed by atoms with Gasteiger partial charge in [-0.05, 0) is 42.0 Å². The fourth-order valence-electron chi connectivity index (χ4n) is 6.13. The van der Waals surface area contributed by atoms with Gasteiger partial charge in [0.2, 0.25) is 0 Å². The molecule has 47 heavy (non-hydrogen) atoms. The lowest BCUT2D eigenvalue weighted by molar-refractivity contribution is -0.141. The molecule has 15 heteroatoms. The van der Waals surface area contributed by atoms with Crippen LogP contribution in [-0.4, -0.2) is 57.5 Å². The van der Waals surface area contributed by atoms with E-state index >= 15 is 0 Å². The molecule has 240 valence electrons. The second-order valence-electron chi connectivity index (χ2n) is 11.0. The lowest BCUT2D eigenvalue weighted by atomic mass is 9.95. The number of phenols is 1. The smallest absolute Gasteiger partial charge is 0.432 e. The maximum absolute atomic E-state index is 13.8. The number of nitrogens with zero attached hydrogens (tertiary/aromatic N) is 1. The molecule has 7 rings (SSSR count). The largest absolute Gasteiger partial charge is 0.506 e. The number of carboxylic acids is 1. The van der Waals surface area contributed by atoms with Crippen LogP contribution < -0.4 is 15.0 Å². The number of alkyl halides is 4. The molecule has 0 radical (unpaired) electrons. The van der Waals surface area contributed by atoms with Gasteiger partial charge in [-0.1, -0.05) is 12.1 Å². The number of phenolic OH excluding ortho intramolecular Hbond substituents is 1. The van der Waals surface area contributed by atoms with Crippen molar-refractivity contribution in [3.8, 4) is 11.5 Å². The van der Waals surface area contributed by atoms with Crippen LogP contribution in [0.25, 0.3) is 32.8 Å². The highest BCUT2D eigenvalue weighted by molar-refractivity contribution is 6.20. The molecule has 0 saturated heterocycles. The molecule has 0 aliphatic carbocycles. The number of ether oxygens (including phenoxy) is 1. The second-order valence-corrected chi connectivity index (χ2v) is 11.3. The number of H-pyrrole nitrogens is 2. The minimum atomic E-state index is -5.06. The Balaban J connectivity index is 1.22. The van der Waals surface area contributed by atoms with Gasteiger partial charge in [-0.25, -0.2) is 4.79 Å². The highest BCUT2D eigenvalue weighted by Gasteiger charge is 2.43. The van der Waals surface area contributed by atoms with Crippen LogP contribution in [0.2, 0.25) is 0 Å². The number of rotatable bonds is 6. The highest BCUT2D eigenvalue weighted by Crippen LogP contribution is 2.49. The van der Waals surface area contributed by atoms with Crippen molar-refractivity contribution >= 4 is 73.5 Å². The summed E-state index contributed by atoms with van der Waals surface area (Å²) in [6, 6.07) is 14.4. The molecule has 6 aromatic rings. The Kier molecular flexibility index (Phi) is 6.86. The van der Waals surface area contributed by atoms with Gasteiger partial charge in [0, 0.05) is 51.8 Å². The quantitative estimate of drug-likeness (QED) is 0.119. The molecule has 0 spiro atoms. The van der Waals surface area contributed by atoms with Crippen molar-refractivity contribution < 1.29 is 46.9 Å². The third kappa shape index (κ3) is 4.79. The summed E-state index contributed by atoms with van der Waals surface area (Å²) in [5.74, 6) is -3.97. The number of methoxy groups -OCH3 is 1. The first-order valence-corrected chi connectivity index (χ1v) is 14.5. The van der Waals surface area contributed by atoms with Crippen molar-refractivity contribution in [1.29, 1.82) is 0 Å².